The lowest BCUT2D eigenvalue weighted by molar-refractivity contribution is 0.0587. The fourth-order valence-corrected chi connectivity index (χ4v) is 1.46. The summed E-state index contributed by atoms with van der Waals surface area (Å²) in [5.41, 5.74) is -0.942. The monoisotopic (exact) mass is 295 g/mol. The van der Waals surface area contributed by atoms with Crippen molar-refractivity contribution in [2.24, 2.45) is 0 Å². The fraction of sp³-hybridized carbons (Fsp3) is 0.417. The van der Waals surface area contributed by atoms with Gasteiger partial charge < -0.3 is 15.2 Å². The third-order valence-corrected chi connectivity index (χ3v) is 2.47. The predicted octanol–water partition coefficient (Wildman–Crippen LogP) is 1.37. The Morgan fingerprint density at radius 2 is 1.95 bits per heavy atom. The topological polar surface area (TPSA) is 58.6 Å². The lowest BCUT2D eigenvalue weighted by atomic mass is 10.1. The Labute approximate surface area is 112 Å². The number of aliphatic hydroxyl groups excluding tert-OH is 1. The molecule has 1 aromatic rings. The van der Waals surface area contributed by atoms with E-state index >= 15 is 0 Å². The van der Waals surface area contributed by atoms with Crippen LogP contribution in [-0.4, -0.2) is 37.4 Å². The molecule has 0 radical (unpaired) electrons. The van der Waals surface area contributed by atoms with Crippen LogP contribution in [-0.2, 0) is 4.74 Å². The summed E-state index contributed by atoms with van der Waals surface area (Å²) in [4.78, 5) is 11.5. The van der Waals surface area contributed by atoms with Crippen LogP contribution >= 0.6 is 0 Å². The van der Waals surface area contributed by atoms with Gasteiger partial charge in [-0.2, -0.15) is 0 Å². The van der Waals surface area contributed by atoms with Gasteiger partial charge >= 0.3 is 0 Å². The van der Waals surface area contributed by atoms with Gasteiger partial charge in [-0.1, -0.05) is 0 Å². The molecule has 8 heteroatoms. The lowest BCUT2D eigenvalue weighted by Gasteiger charge is -2.11. The molecule has 0 saturated carbocycles. The Kier molecular flexibility index (Phi) is 5.90. The van der Waals surface area contributed by atoms with E-state index in [4.69, 9.17) is 0 Å². The van der Waals surface area contributed by atoms with Crippen LogP contribution in [0.15, 0.2) is 6.07 Å². The van der Waals surface area contributed by atoms with Crippen molar-refractivity contribution in [3.8, 4) is 0 Å². The number of halogens is 4. The smallest absolute Gasteiger partial charge is 0.254 e. The molecule has 1 unspecified atom stereocenters. The fourth-order valence-electron chi connectivity index (χ4n) is 1.46. The van der Waals surface area contributed by atoms with E-state index in [1.165, 1.54) is 7.11 Å². The van der Waals surface area contributed by atoms with Gasteiger partial charge in [-0.05, 0) is 12.5 Å². The van der Waals surface area contributed by atoms with Gasteiger partial charge in [0.2, 0.25) is 0 Å². The maximum Gasteiger partial charge on any atom is 0.254 e. The molecule has 0 aliphatic carbocycles. The summed E-state index contributed by atoms with van der Waals surface area (Å²) in [5.74, 6) is -8.55. The molecule has 0 fully saturated rings. The number of aliphatic hydroxyl groups is 1. The molecule has 0 aromatic heterocycles. The zero-order valence-electron chi connectivity index (χ0n) is 10.6. The first kappa shape index (κ1) is 16.4. The van der Waals surface area contributed by atoms with Crippen LogP contribution in [0.5, 0.6) is 0 Å². The number of benzene rings is 1. The van der Waals surface area contributed by atoms with Crippen molar-refractivity contribution in [3.63, 3.8) is 0 Å². The third kappa shape index (κ3) is 3.91. The van der Waals surface area contributed by atoms with Crippen LogP contribution in [0.4, 0.5) is 17.6 Å². The first-order valence-corrected chi connectivity index (χ1v) is 5.66. The van der Waals surface area contributed by atoms with Crippen molar-refractivity contribution in [3.05, 3.63) is 34.9 Å². The van der Waals surface area contributed by atoms with Crippen LogP contribution < -0.4 is 5.32 Å². The van der Waals surface area contributed by atoms with Crippen molar-refractivity contribution in [1.82, 2.24) is 5.32 Å². The second-order valence-electron chi connectivity index (χ2n) is 4.00. The summed E-state index contributed by atoms with van der Waals surface area (Å²) in [7, 11) is 1.38. The van der Waals surface area contributed by atoms with Crippen molar-refractivity contribution < 1.29 is 32.2 Å². The molecule has 0 aliphatic rings. The largest absolute Gasteiger partial charge is 0.391 e. The highest BCUT2D eigenvalue weighted by Crippen LogP contribution is 2.18. The molecular formula is C12H13F4NO3. The Bertz CT molecular complexity index is 496. The van der Waals surface area contributed by atoms with Gasteiger partial charge in [-0.3, -0.25) is 4.79 Å². The second-order valence-corrected chi connectivity index (χ2v) is 4.00. The Balaban J connectivity index is 2.69. The van der Waals surface area contributed by atoms with E-state index in [-0.39, 0.29) is 25.6 Å². The highest BCUT2D eigenvalue weighted by Gasteiger charge is 2.22. The molecule has 0 spiro atoms. The Hall–Kier alpha value is -1.67. The zero-order chi connectivity index (χ0) is 15.3. The minimum atomic E-state index is -2.05. The highest BCUT2D eigenvalue weighted by molar-refractivity contribution is 5.94. The molecule has 2 N–H and O–H groups in total. The minimum Gasteiger partial charge on any atom is -0.391 e. The number of amides is 1. The first-order chi connectivity index (χ1) is 9.38. The summed E-state index contributed by atoms with van der Waals surface area (Å²) in [5, 5.41) is 11.4. The van der Waals surface area contributed by atoms with Crippen LogP contribution in [0.3, 0.4) is 0 Å². The maximum absolute atomic E-state index is 13.3. The second kappa shape index (κ2) is 7.20. The number of rotatable bonds is 6. The Morgan fingerprint density at radius 3 is 2.55 bits per heavy atom. The molecule has 4 nitrogen and oxygen atoms in total. The molecule has 0 bridgehead atoms. The minimum absolute atomic E-state index is 0.0457. The molecule has 0 aliphatic heterocycles. The van der Waals surface area contributed by atoms with E-state index in [1.807, 2.05) is 0 Å². The average molecular weight is 295 g/mol. The standard InChI is InChI=1S/C12H13F4NO3/c1-20-5-6(18)2-3-17-12(19)7-4-8(13)10(15)11(16)9(7)14/h4,6,18H,2-3,5H2,1H3,(H,17,19). The SMILES string of the molecule is COCC(O)CCNC(=O)c1cc(F)c(F)c(F)c1F. The molecular weight excluding hydrogens is 282 g/mol. The summed E-state index contributed by atoms with van der Waals surface area (Å²) in [6.45, 7) is -0.0204. The van der Waals surface area contributed by atoms with E-state index in [0.717, 1.165) is 0 Å². The molecule has 0 saturated heterocycles. The molecule has 112 valence electrons. The number of nitrogens with one attached hydrogen (secondary N) is 1. The number of hydrogen-bond donors (Lipinski definition) is 2. The van der Waals surface area contributed by atoms with E-state index in [9.17, 15) is 27.5 Å². The lowest BCUT2D eigenvalue weighted by Crippen LogP contribution is -2.29. The highest BCUT2D eigenvalue weighted by atomic mass is 19.2. The van der Waals surface area contributed by atoms with E-state index in [2.05, 4.69) is 10.1 Å². The van der Waals surface area contributed by atoms with Crippen molar-refractivity contribution in [1.29, 1.82) is 0 Å². The van der Waals surface area contributed by atoms with Gasteiger partial charge in [0, 0.05) is 13.7 Å². The average Bonchev–Trinajstić information content (AvgIpc) is 2.40. The molecule has 1 rings (SSSR count). The summed E-state index contributed by atoms with van der Waals surface area (Å²) in [6.07, 6.45) is -0.736. The van der Waals surface area contributed by atoms with Gasteiger partial charge in [0.15, 0.2) is 23.3 Å². The summed E-state index contributed by atoms with van der Waals surface area (Å²) >= 11 is 0. The summed E-state index contributed by atoms with van der Waals surface area (Å²) in [6, 6.07) is 0.272. The molecule has 0 heterocycles. The first-order valence-electron chi connectivity index (χ1n) is 5.66. The van der Waals surface area contributed by atoms with Crippen molar-refractivity contribution in [2.75, 3.05) is 20.3 Å². The number of hydrogen-bond acceptors (Lipinski definition) is 3. The van der Waals surface area contributed by atoms with Gasteiger partial charge in [0.05, 0.1) is 18.3 Å². The van der Waals surface area contributed by atoms with Gasteiger partial charge in [-0.15, -0.1) is 0 Å². The van der Waals surface area contributed by atoms with E-state index < -0.39 is 40.8 Å². The zero-order valence-corrected chi connectivity index (χ0v) is 10.6. The maximum atomic E-state index is 13.3. The van der Waals surface area contributed by atoms with E-state index in [0.29, 0.717) is 0 Å². The van der Waals surface area contributed by atoms with Gasteiger partial charge in [-0.25, -0.2) is 17.6 Å². The van der Waals surface area contributed by atoms with E-state index in [1.54, 1.807) is 0 Å². The van der Waals surface area contributed by atoms with Crippen molar-refractivity contribution in [2.45, 2.75) is 12.5 Å². The number of carbonyl (C=O) groups is 1. The normalized spacial score (nSPS) is 12.3. The molecule has 1 amide bonds. The predicted molar refractivity (Wildman–Crippen MR) is 61.1 cm³/mol. The number of methoxy groups -OCH3 is 1. The Morgan fingerprint density at radius 1 is 1.30 bits per heavy atom. The molecule has 20 heavy (non-hydrogen) atoms. The van der Waals surface area contributed by atoms with Crippen LogP contribution in [0, 0.1) is 23.3 Å². The number of ether oxygens (including phenoxy) is 1. The van der Waals surface area contributed by atoms with Crippen molar-refractivity contribution >= 4 is 5.91 Å². The molecule has 1 atom stereocenters. The van der Waals surface area contributed by atoms with Gasteiger partial charge in [0.1, 0.15) is 0 Å². The third-order valence-electron chi connectivity index (χ3n) is 2.47. The van der Waals surface area contributed by atoms with Crippen LogP contribution in [0.2, 0.25) is 0 Å². The quantitative estimate of drug-likeness (QED) is 0.473. The number of carbonyl (C=O) groups excluding carboxylic acids is 1. The van der Waals surface area contributed by atoms with Gasteiger partial charge in [0.25, 0.3) is 5.91 Å². The van der Waals surface area contributed by atoms with Crippen LogP contribution in [0.25, 0.3) is 0 Å². The van der Waals surface area contributed by atoms with Crippen LogP contribution in [0.1, 0.15) is 16.8 Å². The summed E-state index contributed by atoms with van der Waals surface area (Å²) < 4.78 is 56.5. The molecule has 1 aromatic carbocycles.